The second-order valence-electron chi connectivity index (χ2n) is 4.78. The minimum Gasteiger partial charge on any atom is -0.481 e. The van der Waals surface area contributed by atoms with Crippen LogP contribution in [0, 0.1) is 5.92 Å². The fraction of sp³-hybridized carbons (Fsp3) is 0.357. The maximum atomic E-state index is 11.9. The molecule has 2 aromatic rings. The average Bonchev–Trinajstić information content (AvgIpc) is 3.07. The molecular formula is C14H16N2O4S. The van der Waals surface area contributed by atoms with Crippen molar-refractivity contribution in [1.29, 1.82) is 0 Å². The number of carboxylic acid groups (broad SMARTS) is 1. The van der Waals surface area contributed by atoms with Crippen LogP contribution in [0.4, 0.5) is 0 Å². The molecule has 0 fully saturated rings. The number of furan rings is 1. The number of aliphatic carboxylic acids is 1. The van der Waals surface area contributed by atoms with E-state index in [1.54, 1.807) is 37.6 Å². The molecule has 0 radical (unpaired) electrons. The Morgan fingerprint density at radius 1 is 1.48 bits per heavy atom. The largest absolute Gasteiger partial charge is 0.481 e. The van der Waals surface area contributed by atoms with E-state index in [4.69, 9.17) is 9.52 Å². The first-order valence-electron chi connectivity index (χ1n) is 6.48. The molecule has 0 aliphatic heterocycles. The van der Waals surface area contributed by atoms with E-state index >= 15 is 0 Å². The molecule has 6 nitrogen and oxygen atoms in total. The molecule has 2 aromatic heterocycles. The van der Waals surface area contributed by atoms with Crippen molar-refractivity contribution in [3.05, 3.63) is 29.5 Å². The molecule has 0 aromatic carbocycles. The fourth-order valence-corrected chi connectivity index (χ4v) is 2.50. The van der Waals surface area contributed by atoms with Gasteiger partial charge in [-0.15, -0.1) is 11.3 Å². The highest BCUT2D eigenvalue weighted by atomic mass is 32.1. The van der Waals surface area contributed by atoms with Crippen LogP contribution in [0.2, 0.25) is 0 Å². The Bertz CT molecular complexity index is 621. The van der Waals surface area contributed by atoms with Gasteiger partial charge in [0, 0.05) is 11.4 Å². The number of hydrogen-bond donors (Lipinski definition) is 2. The van der Waals surface area contributed by atoms with Crippen LogP contribution < -0.4 is 5.32 Å². The lowest BCUT2D eigenvalue weighted by molar-refractivity contribution is -0.142. The van der Waals surface area contributed by atoms with Crippen LogP contribution in [0.3, 0.4) is 0 Å². The van der Waals surface area contributed by atoms with Crippen LogP contribution in [0.15, 0.2) is 28.2 Å². The first-order valence-corrected chi connectivity index (χ1v) is 7.35. The molecule has 0 spiro atoms. The third-order valence-electron chi connectivity index (χ3n) is 3.15. The Kier molecular flexibility index (Phi) is 4.74. The first-order chi connectivity index (χ1) is 9.97. The topological polar surface area (TPSA) is 92.4 Å². The number of nitrogens with zero attached hydrogens (tertiary/aromatic N) is 1. The van der Waals surface area contributed by atoms with Crippen molar-refractivity contribution >= 4 is 23.2 Å². The van der Waals surface area contributed by atoms with Gasteiger partial charge in [-0.05, 0) is 26.0 Å². The van der Waals surface area contributed by atoms with Gasteiger partial charge in [0.15, 0.2) is 10.8 Å². The molecule has 0 bridgehead atoms. The van der Waals surface area contributed by atoms with E-state index in [-0.39, 0.29) is 12.3 Å². The van der Waals surface area contributed by atoms with Gasteiger partial charge in [-0.2, -0.15) is 0 Å². The molecule has 21 heavy (non-hydrogen) atoms. The molecule has 2 N–H and O–H groups in total. The molecule has 0 saturated heterocycles. The normalized spacial score (nSPS) is 13.6. The lowest BCUT2D eigenvalue weighted by atomic mass is 10.0. The molecular weight excluding hydrogens is 292 g/mol. The predicted molar refractivity (Wildman–Crippen MR) is 77.9 cm³/mol. The Balaban J connectivity index is 1.93. The van der Waals surface area contributed by atoms with Crippen molar-refractivity contribution in [1.82, 2.24) is 10.3 Å². The summed E-state index contributed by atoms with van der Waals surface area (Å²) >= 11 is 1.40. The van der Waals surface area contributed by atoms with Gasteiger partial charge in [-0.3, -0.25) is 9.59 Å². The highest BCUT2D eigenvalue weighted by Crippen LogP contribution is 2.24. The van der Waals surface area contributed by atoms with E-state index in [0.29, 0.717) is 11.5 Å². The van der Waals surface area contributed by atoms with Crippen molar-refractivity contribution < 1.29 is 19.1 Å². The summed E-state index contributed by atoms with van der Waals surface area (Å²) in [6.45, 7) is 3.23. The van der Waals surface area contributed by atoms with Crippen LogP contribution in [0.25, 0.3) is 10.8 Å². The predicted octanol–water partition coefficient (Wildman–Crippen LogP) is 2.17. The van der Waals surface area contributed by atoms with Crippen LogP contribution in [-0.2, 0) is 16.0 Å². The average molecular weight is 308 g/mol. The molecule has 112 valence electrons. The van der Waals surface area contributed by atoms with Gasteiger partial charge >= 0.3 is 5.97 Å². The minimum atomic E-state index is -0.934. The fourth-order valence-electron chi connectivity index (χ4n) is 1.71. The minimum absolute atomic E-state index is 0.119. The number of carboxylic acids is 1. The van der Waals surface area contributed by atoms with Gasteiger partial charge in [0.05, 0.1) is 24.3 Å². The third-order valence-corrected chi connectivity index (χ3v) is 4.06. The highest BCUT2D eigenvalue weighted by Gasteiger charge is 2.21. The zero-order valence-electron chi connectivity index (χ0n) is 11.7. The van der Waals surface area contributed by atoms with E-state index in [0.717, 1.165) is 5.01 Å². The number of thiazole rings is 1. The number of carbonyl (C=O) groups is 2. The van der Waals surface area contributed by atoms with Gasteiger partial charge in [0.2, 0.25) is 5.91 Å². The standard InChI is InChI=1S/C14H16N2O4S/c1-8(14(18)19)9(2)15-12(17)6-10-7-21-13(16-10)11-4-3-5-20-11/h3-5,7-9H,6H2,1-2H3,(H,15,17)(H,18,19). The van der Waals surface area contributed by atoms with Gasteiger partial charge in [-0.25, -0.2) is 4.98 Å². The first kappa shape index (κ1) is 15.2. The Hall–Kier alpha value is -2.15. The monoisotopic (exact) mass is 308 g/mol. The van der Waals surface area contributed by atoms with E-state index in [9.17, 15) is 9.59 Å². The number of carbonyl (C=O) groups excluding carboxylic acids is 1. The Labute approximate surface area is 125 Å². The summed E-state index contributed by atoms with van der Waals surface area (Å²) in [7, 11) is 0. The van der Waals surface area contributed by atoms with Crippen LogP contribution in [0.1, 0.15) is 19.5 Å². The van der Waals surface area contributed by atoms with Crippen LogP contribution >= 0.6 is 11.3 Å². The van der Waals surface area contributed by atoms with E-state index in [1.165, 1.54) is 11.3 Å². The van der Waals surface area contributed by atoms with Crippen molar-refractivity contribution in [3.63, 3.8) is 0 Å². The lowest BCUT2D eigenvalue weighted by Gasteiger charge is -2.17. The van der Waals surface area contributed by atoms with Gasteiger partial charge < -0.3 is 14.8 Å². The summed E-state index contributed by atoms with van der Waals surface area (Å²) in [5, 5.41) is 14.1. The van der Waals surface area contributed by atoms with Crippen molar-refractivity contribution in [3.8, 4) is 10.8 Å². The van der Waals surface area contributed by atoms with Crippen LogP contribution in [0.5, 0.6) is 0 Å². The zero-order valence-corrected chi connectivity index (χ0v) is 12.5. The number of hydrogen-bond acceptors (Lipinski definition) is 5. The summed E-state index contributed by atoms with van der Waals surface area (Å²) in [5.41, 5.74) is 0.638. The van der Waals surface area contributed by atoms with Gasteiger partial charge in [0.1, 0.15) is 0 Å². The molecule has 0 saturated carbocycles. The van der Waals surface area contributed by atoms with E-state index in [2.05, 4.69) is 10.3 Å². The molecule has 2 atom stereocenters. The smallest absolute Gasteiger partial charge is 0.308 e. The second-order valence-corrected chi connectivity index (χ2v) is 5.64. The second kappa shape index (κ2) is 6.53. The summed E-state index contributed by atoms with van der Waals surface area (Å²) in [6.07, 6.45) is 1.69. The van der Waals surface area contributed by atoms with Crippen molar-refractivity contribution in [2.45, 2.75) is 26.3 Å². The van der Waals surface area contributed by atoms with Crippen LogP contribution in [-0.4, -0.2) is 28.0 Å². The maximum Gasteiger partial charge on any atom is 0.308 e. The molecule has 1 amide bonds. The number of aromatic nitrogens is 1. The van der Waals surface area contributed by atoms with Crippen molar-refractivity contribution in [2.24, 2.45) is 5.92 Å². The third kappa shape index (κ3) is 3.91. The zero-order chi connectivity index (χ0) is 15.4. The quantitative estimate of drug-likeness (QED) is 0.853. The summed E-state index contributed by atoms with van der Waals surface area (Å²) in [4.78, 5) is 27.1. The number of amides is 1. The summed E-state index contributed by atoms with van der Waals surface area (Å²) < 4.78 is 5.24. The SMILES string of the molecule is CC(NC(=O)Cc1csc(-c2ccco2)n1)C(C)C(=O)O. The molecule has 2 rings (SSSR count). The molecule has 2 unspecified atom stereocenters. The summed E-state index contributed by atoms with van der Waals surface area (Å²) in [5.74, 6) is -1.15. The molecule has 2 heterocycles. The van der Waals surface area contributed by atoms with Crippen molar-refractivity contribution in [2.75, 3.05) is 0 Å². The molecule has 0 aliphatic rings. The van der Waals surface area contributed by atoms with Gasteiger partial charge in [0.25, 0.3) is 0 Å². The molecule has 0 aliphatic carbocycles. The van der Waals surface area contributed by atoms with E-state index < -0.39 is 17.9 Å². The Morgan fingerprint density at radius 3 is 2.86 bits per heavy atom. The van der Waals surface area contributed by atoms with Gasteiger partial charge in [-0.1, -0.05) is 0 Å². The maximum absolute atomic E-state index is 11.9. The Morgan fingerprint density at radius 2 is 2.24 bits per heavy atom. The lowest BCUT2D eigenvalue weighted by Crippen LogP contribution is -2.40. The van der Waals surface area contributed by atoms with E-state index in [1.807, 2.05) is 0 Å². The molecule has 7 heteroatoms. The highest BCUT2D eigenvalue weighted by molar-refractivity contribution is 7.13. The number of nitrogens with one attached hydrogen (secondary N) is 1. The number of rotatable bonds is 6. The summed E-state index contributed by atoms with van der Waals surface area (Å²) in [6, 6.07) is 3.15.